The Morgan fingerprint density at radius 2 is 2.00 bits per heavy atom. The van der Waals surface area contributed by atoms with E-state index in [9.17, 15) is 9.59 Å². The van der Waals surface area contributed by atoms with Gasteiger partial charge in [0, 0.05) is 23.5 Å². The number of aromatic amines is 1. The van der Waals surface area contributed by atoms with Gasteiger partial charge >= 0.3 is 0 Å². The second-order valence-corrected chi connectivity index (χ2v) is 4.92. The van der Waals surface area contributed by atoms with E-state index in [1.165, 1.54) is 0 Å². The van der Waals surface area contributed by atoms with E-state index in [1.807, 2.05) is 6.92 Å². The van der Waals surface area contributed by atoms with Crippen LogP contribution in [-0.4, -0.2) is 28.6 Å². The first-order valence-electron chi connectivity index (χ1n) is 7.38. The van der Waals surface area contributed by atoms with Crippen molar-refractivity contribution < 1.29 is 9.59 Å². The summed E-state index contributed by atoms with van der Waals surface area (Å²) in [5.41, 5.74) is 2.35. The van der Waals surface area contributed by atoms with Crippen LogP contribution in [0.15, 0.2) is 30.3 Å². The van der Waals surface area contributed by atoms with Crippen molar-refractivity contribution in [1.29, 1.82) is 0 Å². The standard InChI is InChI=1S/C16H20N4O2/c1-3-6-13-10-14(20-19-13)16(22)18-12-8-5-7-11(9-12)15(21)17-4-2/h5,7-10H,3-4,6H2,1-2H3,(H,17,21)(H,18,22)(H,19,20). The molecule has 0 spiro atoms. The van der Waals surface area contributed by atoms with Gasteiger partial charge in [-0.1, -0.05) is 19.4 Å². The Morgan fingerprint density at radius 1 is 1.18 bits per heavy atom. The Hall–Kier alpha value is -2.63. The second kappa shape index (κ2) is 7.40. The third kappa shape index (κ3) is 3.94. The van der Waals surface area contributed by atoms with Gasteiger partial charge in [0.05, 0.1) is 0 Å². The number of carbonyl (C=O) groups is 2. The number of amides is 2. The van der Waals surface area contributed by atoms with E-state index in [0.717, 1.165) is 18.5 Å². The van der Waals surface area contributed by atoms with Crippen LogP contribution in [0.1, 0.15) is 46.8 Å². The van der Waals surface area contributed by atoms with Crippen LogP contribution < -0.4 is 10.6 Å². The summed E-state index contributed by atoms with van der Waals surface area (Å²) in [5.74, 6) is -0.463. The number of nitrogens with zero attached hydrogens (tertiary/aromatic N) is 1. The van der Waals surface area contributed by atoms with Crippen molar-refractivity contribution in [3.05, 3.63) is 47.3 Å². The zero-order valence-corrected chi connectivity index (χ0v) is 12.8. The summed E-state index contributed by atoms with van der Waals surface area (Å²) >= 11 is 0. The zero-order valence-electron chi connectivity index (χ0n) is 12.8. The lowest BCUT2D eigenvalue weighted by Crippen LogP contribution is -2.22. The van der Waals surface area contributed by atoms with Crippen LogP contribution in [-0.2, 0) is 6.42 Å². The molecule has 1 aromatic heterocycles. The van der Waals surface area contributed by atoms with Crippen molar-refractivity contribution in [1.82, 2.24) is 15.5 Å². The molecule has 0 saturated heterocycles. The number of rotatable bonds is 6. The number of hydrogen-bond donors (Lipinski definition) is 3. The van der Waals surface area contributed by atoms with E-state index in [2.05, 4.69) is 27.8 Å². The molecule has 0 fully saturated rings. The van der Waals surface area contributed by atoms with E-state index in [0.29, 0.717) is 23.5 Å². The molecule has 0 saturated carbocycles. The predicted molar refractivity (Wildman–Crippen MR) is 85.0 cm³/mol. The minimum absolute atomic E-state index is 0.163. The third-order valence-electron chi connectivity index (χ3n) is 3.10. The molecule has 0 bridgehead atoms. The maximum atomic E-state index is 12.1. The van der Waals surface area contributed by atoms with Crippen LogP contribution in [0.25, 0.3) is 0 Å². The molecular weight excluding hydrogens is 280 g/mol. The highest BCUT2D eigenvalue weighted by molar-refractivity contribution is 6.04. The summed E-state index contributed by atoms with van der Waals surface area (Å²) in [7, 11) is 0. The zero-order chi connectivity index (χ0) is 15.9. The lowest BCUT2D eigenvalue weighted by molar-refractivity contribution is 0.0954. The van der Waals surface area contributed by atoms with Gasteiger partial charge in [0.25, 0.3) is 11.8 Å². The van der Waals surface area contributed by atoms with Crippen LogP contribution in [0.2, 0.25) is 0 Å². The van der Waals surface area contributed by atoms with Gasteiger partial charge in [0.15, 0.2) is 5.69 Å². The number of benzene rings is 1. The first-order chi connectivity index (χ1) is 10.6. The van der Waals surface area contributed by atoms with Gasteiger partial charge in [0.2, 0.25) is 0 Å². The van der Waals surface area contributed by atoms with Gasteiger partial charge in [-0.2, -0.15) is 5.10 Å². The topological polar surface area (TPSA) is 86.9 Å². The van der Waals surface area contributed by atoms with Crippen LogP contribution in [0.4, 0.5) is 5.69 Å². The monoisotopic (exact) mass is 300 g/mol. The molecule has 3 N–H and O–H groups in total. The summed E-state index contributed by atoms with van der Waals surface area (Å²) < 4.78 is 0. The lowest BCUT2D eigenvalue weighted by Gasteiger charge is -2.06. The molecular formula is C16H20N4O2. The second-order valence-electron chi connectivity index (χ2n) is 4.92. The highest BCUT2D eigenvalue weighted by Gasteiger charge is 2.12. The molecule has 2 aromatic rings. The van der Waals surface area contributed by atoms with Crippen molar-refractivity contribution in [2.24, 2.45) is 0 Å². The van der Waals surface area contributed by atoms with Crippen LogP contribution >= 0.6 is 0 Å². The smallest absolute Gasteiger partial charge is 0.276 e. The minimum atomic E-state index is -0.299. The van der Waals surface area contributed by atoms with Crippen molar-refractivity contribution in [2.45, 2.75) is 26.7 Å². The fourth-order valence-corrected chi connectivity index (χ4v) is 2.07. The molecule has 2 rings (SSSR count). The Bertz CT molecular complexity index is 664. The fraction of sp³-hybridized carbons (Fsp3) is 0.312. The van der Waals surface area contributed by atoms with Gasteiger partial charge in [-0.15, -0.1) is 0 Å². The molecule has 0 aliphatic carbocycles. The number of H-pyrrole nitrogens is 1. The van der Waals surface area contributed by atoms with Gasteiger partial charge in [0.1, 0.15) is 0 Å². The summed E-state index contributed by atoms with van der Waals surface area (Å²) in [4.78, 5) is 23.9. The summed E-state index contributed by atoms with van der Waals surface area (Å²) in [6.45, 7) is 4.48. The van der Waals surface area contributed by atoms with E-state index in [1.54, 1.807) is 30.3 Å². The first kappa shape index (κ1) is 15.8. The van der Waals surface area contributed by atoms with Gasteiger partial charge in [-0.3, -0.25) is 14.7 Å². The summed E-state index contributed by atoms with van der Waals surface area (Å²) in [5, 5.41) is 12.3. The average molecular weight is 300 g/mol. The molecule has 22 heavy (non-hydrogen) atoms. The van der Waals surface area contributed by atoms with Crippen LogP contribution in [0.3, 0.4) is 0 Å². The molecule has 0 unspecified atom stereocenters. The number of carbonyl (C=O) groups excluding carboxylic acids is 2. The third-order valence-corrected chi connectivity index (χ3v) is 3.10. The number of nitrogens with one attached hydrogen (secondary N) is 3. The van der Waals surface area contributed by atoms with Gasteiger partial charge < -0.3 is 10.6 Å². The fourth-order valence-electron chi connectivity index (χ4n) is 2.07. The van der Waals surface area contributed by atoms with Crippen molar-refractivity contribution in [2.75, 3.05) is 11.9 Å². The Morgan fingerprint density at radius 3 is 2.73 bits per heavy atom. The molecule has 6 heteroatoms. The summed E-state index contributed by atoms with van der Waals surface area (Å²) in [6, 6.07) is 8.55. The minimum Gasteiger partial charge on any atom is -0.352 e. The Balaban J connectivity index is 2.07. The highest BCUT2D eigenvalue weighted by atomic mass is 16.2. The molecule has 0 aliphatic rings. The molecule has 116 valence electrons. The van der Waals surface area contributed by atoms with E-state index < -0.39 is 0 Å². The Labute approximate surface area is 129 Å². The maximum absolute atomic E-state index is 12.1. The average Bonchev–Trinajstić information content (AvgIpc) is 2.97. The van der Waals surface area contributed by atoms with Crippen LogP contribution in [0, 0.1) is 0 Å². The van der Waals surface area contributed by atoms with Gasteiger partial charge in [-0.25, -0.2) is 0 Å². The van der Waals surface area contributed by atoms with E-state index >= 15 is 0 Å². The number of aromatic nitrogens is 2. The molecule has 0 radical (unpaired) electrons. The molecule has 0 aliphatic heterocycles. The van der Waals surface area contributed by atoms with Crippen molar-refractivity contribution in [3.63, 3.8) is 0 Å². The summed E-state index contributed by atoms with van der Waals surface area (Å²) in [6.07, 6.45) is 1.84. The molecule has 6 nitrogen and oxygen atoms in total. The number of hydrogen-bond acceptors (Lipinski definition) is 3. The number of aryl methyl sites for hydroxylation is 1. The largest absolute Gasteiger partial charge is 0.352 e. The Kier molecular flexibility index (Phi) is 5.30. The van der Waals surface area contributed by atoms with Crippen molar-refractivity contribution in [3.8, 4) is 0 Å². The number of anilines is 1. The molecule has 1 heterocycles. The molecule has 0 atom stereocenters. The van der Waals surface area contributed by atoms with E-state index in [-0.39, 0.29) is 11.8 Å². The van der Waals surface area contributed by atoms with Crippen LogP contribution in [0.5, 0.6) is 0 Å². The van der Waals surface area contributed by atoms with Gasteiger partial charge in [-0.05, 0) is 37.6 Å². The maximum Gasteiger partial charge on any atom is 0.276 e. The van der Waals surface area contributed by atoms with E-state index in [4.69, 9.17) is 0 Å². The SMILES string of the molecule is CCCc1cc(C(=O)Nc2cccc(C(=O)NCC)c2)n[nH]1. The van der Waals surface area contributed by atoms with Crippen molar-refractivity contribution >= 4 is 17.5 Å². The quantitative estimate of drug-likeness (QED) is 0.765. The first-order valence-corrected chi connectivity index (χ1v) is 7.38. The highest BCUT2D eigenvalue weighted by Crippen LogP contribution is 2.12. The predicted octanol–water partition coefficient (Wildman–Crippen LogP) is 2.36. The lowest BCUT2D eigenvalue weighted by atomic mass is 10.2. The molecule has 1 aromatic carbocycles. The normalized spacial score (nSPS) is 10.3. The molecule has 2 amide bonds.